The van der Waals surface area contributed by atoms with Crippen molar-refractivity contribution in [1.82, 2.24) is 9.78 Å². The molecule has 0 bridgehead atoms. The number of hydrogen-bond acceptors (Lipinski definition) is 3. The Kier molecular flexibility index (Phi) is 3.01. The highest BCUT2D eigenvalue weighted by Gasteiger charge is 2.03. The van der Waals surface area contributed by atoms with Crippen molar-refractivity contribution < 1.29 is 4.74 Å². The number of rotatable bonds is 3. The van der Waals surface area contributed by atoms with E-state index in [1.807, 2.05) is 19.3 Å². The number of nitrogens with zero attached hydrogens (tertiary/aromatic N) is 2. The highest BCUT2D eigenvalue weighted by atomic mass is 35.5. The first kappa shape index (κ1) is 10.8. The molecule has 0 unspecified atom stereocenters. The van der Waals surface area contributed by atoms with Crippen molar-refractivity contribution in [1.29, 1.82) is 0 Å². The van der Waals surface area contributed by atoms with Gasteiger partial charge in [0.1, 0.15) is 12.4 Å². The Morgan fingerprint density at radius 1 is 1.44 bits per heavy atom. The number of benzene rings is 1. The molecule has 5 heteroatoms. The highest BCUT2D eigenvalue weighted by Crippen LogP contribution is 2.27. The molecule has 0 aliphatic carbocycles. The van der Waals surface area contributed by atoms with E-state index in [2.05, 4.69) is 5.10 Å². The topological polar surface area (TPSA) is 53.1 Å². The normalized spacial score (nSPS) is 10.4. The molecule has 0 spiro atoms. The predicted molar refractivity (Wildman–Crippen MR) is 63.4 cm³/mol. The third-order valence-electron chi connectivity index (χ3n) is 2.10. The number of nitrogen functional groups attached to an aromatic ring is 1. The van der Waals surface area contributed by atoms with Crippen molar-refractivity contribution in [3.63, 3.8) is 0 Å². The first-order valence-electron chi connectivity index (χ1n) is 4.81. The van der Waals surface area contributed by atoms with E-state index < -0.39 is 0 Å². The quantitative estimate of drug-likeness (QED) is 0.833. The van der Waals surface area contributed by atoms with Gasteiger partial charge in [0, 0.05) is 25.0 Å². The summed E-state index contributed by atoms with van der Waals surface area (Å²) in [6.07, 6.45) is 1.86. The average Bonchev–Trinajstić information content (AvgIpc) is 2.66. The van der Waals surface area contributed by atoms with Crippen LogP contribution < -0.4 is 10.5 Å². The van der Waals surface area contributed by atoms with Crippen molar-refractivity contribution in [3.8, 4) is 5.75 Å². The average molecular weight is 238 g/mol. The van der Waals surface area contributed by atoms with Crippen LogP contribution in [0.1, 0.15) is 5.69 Å². The summed E-state index contributed by atoms with van der Waals surface area (Å²) in [5, 5.41) is 4.74. The SMILES string of the molecule is Cn1ccc(COc2cc(N)ccc2Cl)n1. The number of nitrogens with two attached hydrogens (primary N) is 1. The Labute approximate surface area is 98.6 Å². The van der Waals surface area contributed by atoms with Crippen LogP contribution in [0.25, 0.3) is 0 Å². The van der Waals surface area contributed by atoms with E-state index in [-0.39, 0.29) is 0 Å². The molecular formula is C11H12ClN3O. The van der Waals surface area contributed by atoms with Gasteiger partial charge in [0.15, 0.2) is 0 Å². The molecule has 84 valence electrons. The van der Waals surface area contributed by atoms with Crippen LogP contribution in [-0.2, 0) is 13.7 Å². The summed E-state index contributed by atoms with van der Waals surface area (Å²) in [7, 11) is 1.86. The van der Waals surface area contributed by atoms with E-state index in [9.17, 15) is 0 Å². The molecule has 0 aliphatic heterocycles. The molecule has 0 radical (unpaired) electrons. The van der Waals surface area contributed by atoms with Gasteiger partial charge in [-0.3, -0.25) is 4.68 Å². The second-order valence-electron chi connectivity index (χ2n) is 3.46. The zero-order chi connectivity index (χ0) is 11.5. The van der Waals surface area contributed by atoms with E-state index in [0.29, 0.717) is 23.1 Å². The lowest BCUT2D eigenvalue weighted by Gasteiger charge is -2.06. The Morgan fingerprint density at radius 3 is 2.94 bits per heavy atom. The molecule has 0 fully saturated rings. The predicted octanol–water partition coefficient (Wildman–Crippen LogP) is 2.23. The molecule has 2 aromatic rings. The lowest BCUT2D eigenvalue weighted by atomic mass is 10.3. The molecule has 4 nitrogen and oxygen atoms in total. The zero-order valence-electron chi connectivity index (χ0n) is 8.85. The number of aromatic nitrogens is 2. The fourth-order valence-electron chi connectivity index (χ4n) is 1.32. The Bertz CT molecular complexity index is 496. The van der Waals surface area contributed by atoms with E-state index in [0.717, 1.165) is 5.69 Å². The Morgan fingerprint density at radius 2 is 2.25 bits per heavy atom. The molecule has 1 aromatic carbocycles. The summed E-state index contributed by atoms with van der Waals surface area (Å²) in [6, 6.07) is 7.03. The van der Waals surface area contributed by atoms with Gasteiger partial charge in [0.25, 0.3) is 0 Å². The summed E-state index contributed by atoms with van der Waals surface area (Å²) >= 11 is 5.96. The molecule has 0 saturated heterocycles. The maximum Gasteiger partial charge on any atom is 0.140 e. The molecular weight excluding hydrogens is 226 g/mol. The number of hydrogen-bond donors (Lipinski definition) is 1. The summed E-state index contributed by atoms with van der Waals surface area (Å²) < 4.78 is 7.25. The number of halogens is 1. The van der Waals surface area contributed by atoms with Crippen molar-refractivity contribution in [2.75, 3.05) is 5.73 Å². The number of anilines is 1. The van der Waals surface area contributed by atoms with Gasteiger partial charge in [-0.25, -0.2) is 0 Å². The Balaban J connectivity index is 2.07. The summed E-state index contributed by atoms with van der Waals surface area (Å²) in [5.74, 6) is 0.576. The lowest BCUT2D eigenvalue weighted by molar-refractivity contribution is 0.300. The molecule has 1 heterocycles. The standard InChI is InChI=1S/C11H12ClN3O/c1-15-5-4-9(14-15)7-16-11-6-8(13)2-3-10(11)12/h2-6H,7,13H2,1H3. The number of aryl methyl sites for hydroxylation is 1. The van der Waals surface area contributed by atoms with Gasteiger partial charge < -0.3 is 10.5 Å². The summed E-state index contributed by atoms with van der Waals surface area (Å²) in [4.78, 5) is 0. The first-order chi connectivity index (χ1) is 7.65. The fourth-order valence-corrected chi connectivity index (χ4v) is 1.49. The molecule has 2 N–H and O–H groups in total. The van der Waals surface area contributed by atoms with Crippen LogP contribution >= 0.6 is 11.6 Å². The van der Waals surface area contributed by atoms with Crippen molar-refractivity contribution in [3.05, 3.63) is 41.2 Å². The van der Waals surface area contributed by atoms with Crippen LogP contribution in [0.15, 0.2) is 30.5 Å². The van der Waals surface area contributed by atoms with Crippen LogP contribution in [0, 0.1) is 0 Å². The van der Waals surface area contributed by atoms with Crippen LogP contribution in [0.4, 0.5) is 5.69 Å². The second kappa shape index (κ2) is 4.45. The minimum Gasteiger partial charge on any atom is -0.486 e. The lowest BCUT2D eigenvalue weighted by Crippen LogP contribution is -1.99. The zero-order valence-corrected chi connectivity index (χ0v) is 9.61. The smallest absolute Gasteiger partial charge is 0.140 e. The van der Waals surface area contributed by atoms with Gasteiger partial charge in [0.05, 0.1) is 10.7 Å². The summed E-state index contributed by atoms with van der Waals surface area (Å²) in [5.41, 5.74) is 7.12. The van der Waals surface area contributed by atoms with E-state index in [1.54, 1.807) is 22.9 Å². The van der Waals surface area contributed by atoms with Gasteiger partial charge >= 0.3 is 0 Å². The van der Waals surface area contributed by atoms with E-state index in [1.165, 1.54) is 0 Å². The van der Waals surface area contributed by atoms with Crippen molar-refractivity contribution >= 4 is 17.3 Å². The monoisotopic (exact) mass is 237 g/mol. The van der Waals surface area contributed by atoms with Crippen LogP contribution in [-0.4, -0.2) is 9.78 Å². The molecule has 0 aliphatic rings. The van der Waals surface area contributed by atoms with Crippen molar-refractivity contribution in [2.24, 2.45) is 7.05 Å². The first-order valence-corrected chi connectivity index (χ1v) is 5.19. The van der Waals surface area contributed by atoms with Gasteiger partial charge in [-0.15, -0.1) is 0 Å². The minimum atomic E-state index is 0.379. The highest BCUT2D eigenvalue weighted by molar-refractivity contribution is 6.32. The van der Waals surface area contributed by atoms with E-state index >= 15 is 0 Å². The van der Waals surface area contributed by atoms with Crippen molar-refractivity contribution in [2.45, 2.75) is 6.61 Å². The molecule has 2 rings (SSSR count). The maximum atomic E-state index is 5.96. The largest absolute Gasteiger partial charge is 0.486 e. The fraction of sp³-hybridized carbons (Fsp3) is 0.182. The minimum absolute atomic E-state index is 0.379. The summed E-state index contributed by atoms with van der Waals surface area (Å²) in [6.45, 7) is 0.379. The molecule has 0 saturated carbocycles. The molecule has 1 aromatic heterocycles. The Hall–Kier alpha value is -1.68. The third kappa shape index (κ3) is 2.46. The third-order valence-corrected chi connectivity index (χ3v) is 2.41. The molecule has 16 heavy (non-hydrogen) atoms. The van der Waals surface area contributed by atoms with E-state index in [4.69, 9.17) is 22.1 Å². The van der Waals surface area contributed by atoms with Gasteiger partial charge in [0.2, 0.25) is 0 Å². The second-order valence-corrected chi connectivity index (χ2v) is 3.87. The maximum absolute atomic E-state index is 5.96. The van der Waals surface area contributed by atoms with Crippen LogP contribution in [0.3, 0.4) is 0 Å². The van der Waals surface area contributed by atoms with Gasteiger partial charge in [-0.1, -0.05) is 11.6 Å². The molecule has 0 amide bonds. The van der Waals surface area contributed by atoms with Gasteiger partial charge in [-0.2, -0.15) is 5.10 Å². The van der Waals surface area contributed by atoms with Crippen LogP contribution in [0.5, 0.6) is 5.75 Å². The molecule has 0 atom stereocenters. The van der Waals surface area contributed by atoms with Gasteiger partial charge in [-0.05, 0) is 18.2 Å². The van der Waals surface area contributed by atoms with Crippen LogP contribution in [0.2, 0.25) is 5.02 Å². The number of ether oxygens (including phenoxy) is 1.